The Balaban J connectivity index is 1.80. The first kappa shape index (κ1) is 14.0. The summed E-state index contributed by atoms with van der Waals surface area (Å²) < 4.78 is 5.16. The van der Waals surface area contributed by atoms with E-state index in [2.05, 4.69) is 36.5 Å². The van der Waals surface area contributed by atoms with E-state index in [0.717, 1.165) is 12.5 Å². The molecule has 0 spiro atoms. The van der Waals surface area contributed by atoms with Gasteiger partial charge in [-0.3, -0.25) is 4.79 Å². The second-order valence-corrected chi connectivity index (χ2v) is 5.20. The predicted octanol–water partition coefficient (Wildman–Crippen LogP) is 1.54. The molecule has 19 heavy (non-hydrogen) atoms. The van der Waals surface area contributed by atoms with Gasteiger partial charge in [0.15, 0.2) is 0 Å². The Kier molecular flexibility index (Phi) is 4.93. The number of ether oxygens (including phenoxy) is 1. The van der Waals surface area contributed by atoms with Crippen molar-refractivity contribution in [3.8, 4) is 0 Å². The van der Waals surface area contributed by atoms with Gasteiger partial charge in [-0.15, -0.1) is 0 Å². The number of rotatable bonds is 8. The van der Waals surface area contributed by atoms with Gasteiger partial charge in [0.25, 0.3) is 0 Å². The number of hydrogen-bond donors (Lipinski definition) is 2. The predicted molar refractivity (Wildman–Crippen MR) is 74.7 cm³/mol. The molecule has 0 bridgehead atoms. The molecule has 1 amide bonds. The molecule has 1 atom stereocenters. The zero-order valence-corrected chi connectivity index (χ0v) is 11.4. The summed E-state index contributed by atoms with van der Waals surface area (Å²) in [5.74, 6) is 0.316. The van der Waals surface area contributed by atoms with Crippen LogP contribution in [0, 0.1) is 12.8 Å². The number of carbonyl (C=O) groups excluding carboxylic acids is 1. The van der Waals surface area contributed by atoms with Crippen LogP contribution < -0.4 is 11.1 Å². The van der Waals surface area contributed by atoms with Crippen LogP contribution in [0.4, 0.5) is 0 Å². The minimum absolute atomic E-state index is 0.000304. The molecule has 1 fully saturated rings. The molecule has 0 heterocycles. The van der Waals surface area contributed by atoms with Gasteiger partial charge < -0.3 is 15.8 Å². The van der Waals surface area contributed by atoms with E-state index in [9.17, 15) is 4.79 Å². The van der Waals surface area contributed by atoms with Crippen molar-refractivity contribution in [1.82, 2.24) is 5.32 Å². The van der Waals surface area contributed by atoms with Crippen molar-refractivity contribution in [3.63, 3.8) is 0 Å². The summed E-state index contributed by atoms with van der Waals surface area (Å²) in [4.78, 5) is 10.5. The van der Waals surface area contributed by atoms with E-state index in [1.54, 1.807) is 0 Å². The Morgan fingerprint density at radius 3 is 2.68 bits per heavy atom. The lowest BCUT2D eigenvalue weighted by atomic mass is 10.0. The smallest absolute Gasteiger partial charge is 0.243 e. The maximum absolute atomic E-state index is 10.5. The Hall–Kier alpha value is -1.39. The molecular formula is C15H22N2O2. The molecule has 2 rings (SSSR count). The standard InChI is InChI=1S/C15H22N2O2/c1-11-2-4-12(5-3-11)15(13-6-7-13)17-8-9-19-10-14(16)18/h2-5,13,15,17H,6-10H2,1H3,(H2,16,18). The largest absolute Gasteiger partial charge is 0.370 e. The Bertz CT molecular complexity index is 413. The van der Waals surface area contributed by atoms with Gasteiger partial charge in [0, 0.05) is 12.6 Å². The molecule has 4 heteroatoms. The molecule has 0 saturated heterocycles. The Morgan fingerprint density at radius 2 is 2.11 bits per heavy atom. The molecule has 1 aromatic carbocycles. The van der Waals surface area contributed by atoms with Crippen LogP contribution in [0.5, 0.6) is 0 Å². The lowest BCUT2D eigenvalue weighted by molar-refractivity contribution is -0.122. The molecule has 1 aliphatic rings. The van der Waals surface area contributed by atoms with Gasteiger partial charge in [-0.1, -0.05) is 29.8 Å². The average Bonchev–Trinajstić information content (AvgIpc) is 3.19. The monoisotopic (exact) mass is 262 g/mol. The lowest BCUT2D eigenvalue weighted by Crippen LogP contribution is -2.28. The van der Waals surface area contributed by atoms with E-state index >= 15 is 0 Å². The zero-order valence-electron chi connectivity index (χ0n) is 11.4. The van der Waals surface area contributed by atoms with Gasteiger partial charge in [0.05, 0.1) is 6.61 Å². The topological polar surface area (TPSA) is 64.3 Å². The Labute approximate surface area is 114 Å². The quantitative estimate of drug-likeness (QED) is 0.698. The van der Waals surface area contributed by atoms with E-state index in [1.165, 1.54) is 24.0 Å². The summed E-state index contributed by atoms with van der Waals surface area (Å²) >= 11 is 0. The van der Waals surface area contributed by atoms with E-state index < -0.39 is 5.91 Å². The van der Waals surface area contributed by atoms with Crippen LogP contribution in [0.3, 0.4) is 0 Å². The fourth-order valence-corrected chi connectivity index (χ4v) is 2.22. The van der Waals surface area contributed by atoms with Gasteiger partial charge in [0.2, 0.25) is 5.91 Å². The minimum atomic E-state index is -0.419. The van der Waals surface area contributed by atoms with Crippen molar-refractivity contribution in [1.29, 1.82) is 0 Å². The maximum Gasteiger partial charge on any atom is 0.243 e. The molecule has 1 aliphatic carbocycles. The second kappa shape index (κ2) is 6.68. The highest BCUT2D eigenvalue weighted by Crippen LogP contribution is 2.40. The van der Waals surface area contributed by atoms with Crippen LogP contribution in [-0.2, 0) is 9.53 Å². The SMILES string of the molecule is Cc1ccc(C(NCCOCC(N)=O)C2CC2)cc1. The first-order chi connectivity index (χ1) is 9.16. The minimum Gasteiger partial charge on any atom is -0.370 e. The fraction of sp³-hybridized carbons (Fsp3) is 0.533. The van der Waals surface area contributed by atoms with Crippen LogP contribution >= 0.6 is 0 Å². The van der Waals surface area contributed by atoms with Crippen molar-refractivity contribution >= 4 is 5.91 Å². The summed E-state index contributed by atoms with van der Waals surface area (Å²) in [5, 5.41) is 3.51. The molecule has 3 N–H and O–H groups in total. The van der Waals surface area contributed by atoms with Crippen molar-refractivity contribution in [3.05, 3.63) is 35.4 Å². The summed E-state index contributed by atoms with van der Waals surface area (Å²) in [6.45, 7) is 3.35. The van der Waals surface area contributed by atoms with Crippen molar-refractivity contribution in [2.45, 2.75) is 25.8 Å². The van der Waals surface area contributed by atoms with Gasteiger partial charge in [-0.25, -0.2) is 0 Å². The van der Waals surface area contributed by atoms with Crippen molar-refractivity contribution < 1.29 is 9.53 Å². The summed E-state index contributed by atoms with van der Waals surface area (Å²) in [7, 11) is 0. The van der Waals surface area contributed by atoms with Gasteiger partial charge in [0.1, 0.15) is 6.61 Å². The highest BCUT2D eigenvalue weighted by molar-refractivity contribution is 5.74. The number of amides is 1. The van der Waals surface area contributed by atoms with E-state index in [1.807, 2.05) is 0 Å². The molecule has 1 aromatic rings. The molecule has 104 valence electrons. The van der Waals surface area contributed by atoms with Crippen LogP contribution in [0.2, 0.25) is 0 Å². The molecule has 1 unspecified atom stereocenters. The highest BCUT2D eigenvalue weighted by Gasteiger charge is 2.31. The number of primary amides is 1. The first-order valence-electron chi connectivity index (χ1n) is 6.83. The average molecular weight is 262 g/mol. The number of benzene rings is 1. The third kappa shape index (κ3) is 4.65. The molecular weight excluding hydrogens is 240 g/mol. The molecule has 0 aromatic heterocycles. The first-order valence-corrected chi connectivity index (χ1v) is 6.83. The number of aryl methyl sites for hydroxylation is 1. The van der Waals surface area contributed by atoms with Crippen LogP contribution in [0.1, 0.15) is 30.0 Å². The van der Waals surface area contributed by atoms with Crippen molar-refractivity contribution in [2.75, 3.05) is 19.8 Å². The fourth-order valence-electron chi connectivity index (χ4n) is 2.22. The van der Waals surface area contributed by atoms with Crippen LogP contribution in [-0.4, -0.2) is 25.7 Å². The van der Waals surface area contributed by atoms with E-state index in [-0.39, 0.29) is 6.61 Å². The van der Waals surface area contributed by atoms with Crippen LogP contribution in [0.15, 0.2) is 24.3 Å². The molecule has 0 aliphatic heterocycles. The number of hydrogen-bond acceptors (Lipinski definition) is 3. The molecule has 4 nitrogen and oxygen atoms in total. The summed E-state index contributed by atoms with van der Waals surface area (Å²) in [6.07, 6.45) is 2.57. The number of nitrogens with one attached hydrogen (secondary N) is 1. The van der Waals surface area contributed by atoms with Crippen molar-refractivity contribution in [2.24, 2.45) is 11.7 Å². The van der Waals surface area contributed by atoms with Crippen LogP contribution in [0.25, 0.3) is 0 Å². The second-order valence-electron chi connectivity index (χ2n) is 5.20. The Morgan fingerprint density at radius 1 is 1.42 bits per heavy atom. The third-order valence-corrected chi connectivity index (χ3v) is 3.38. The van der Waals surface area contributed by atoms with E-state index in [4.69, 9.17) is 10.5 Å². The maximum atomic E-state index is 10.5. The van der Waals surface area contributed by atoms with Gasteiger partial charge in [-0.05, 0) is 31.2 Å². The number of nitrogens with two attached hydrogens (primary N) is 1. The molecule has 1 saturated carbocycles. The zero-order chi connectivity index (χ0) is 13.7. The normalized spacial score (nSPS) is 16.3. The van der Waals surface area contributed by atoms with E-state index in [0.29, 0.717) is 12.6 Å². The highest BCUT2D eigenvalue weighted by atomic mass is 16.5. The molecule has 0 radical (unpaired) electrons. The number of carbonyl (C=O) groups is 1. The van der Waals surface area contributed by atoms with Gasteiger partial charge in [-0.2, -0.15) is 0 Å². The summed E-state index contributed by atoms with van der Waals surface area (Å²) in [5.41, 5.74) is 7.63. The lowest BCUT2D eigenvalue weighted by Gasteiger charge is -2.19. The van der Waals surface area contributed by atoms with Gasteiger partial charge >= 0.3 is 0 Å². The third-order valence-electron chi connectivity index (χ3n) is 3.38. The summed E-state index contributed by atoms with van der Waals surface area (Å²) in [6, 6.07) is 9.08.